The smallest absolute Gasteiger partial charge is 0.409 e. The molecule has 204 valence electrons. The van der Waals surface area contributed by atoms with Gasteiger partial charge in [-0.05, 0) is 63.3 Å². The summed E-state index contributed by atoms with van der Waals surface area (Å²) in [4.78, 5) is 40.8. The molecule has 1 saturated carbocycles. The van der Waals surface area contributed by atoms with E-state index in [0.717, 1.165) is 17.6 Å². The van der Waals surface area contributed by atoms with E-state index >= 15 is 0 Å². The van der Waals surface area contributed by atoms with Crippen molar-refractivity contribution in [2.45, 2.75) is 73.8 Å². The summed E-state index contributed by atoms with van der Waals surface area (Å²) in [5, 5.41) is 0. The number of aldehydes is 1. The van der Waals surface area contributed by atoms with Crippen molar-refractivity contribution in [2.75, 3.05) is 26.8 Å². The molecule has 1 aromatic rings. The maximum atomic E-state index is 12.7. The molecular formula is C27H35Cl3N2O5. The van der Waals surface area contributed by atoms with Crippen molar-refractivity contribution in [3.63, 3.8) is 0 Å². The first-order valence-corrected chi connectivity index (χ1v) is 13.6. The lowest BCUT2D eigenvalue weighted by Gasteiger charge is -2.43. The van der Waals surface area contributed by atoms with E-state index < -0.39 is 15.9 Å². The standard InChI is InChI=1S/C27H35Cl3N2O5/c1-19(2)10-13-36-24-6-4-20(5-7-24)14-21(17-33)32-16-22(15-26(32)11-8-23(34)9-12-26)31(3)25(35)37-18-27(28,29)30/h4-7,10,17,21-22H,8-9,11-16,18H2,1-3H3/t21-,22-/m0/s1. The molecule has 0 radical (unpaired) electrons. The molecule has 1 aliphatic carbocycles. The van der Waals surface area contributed by atoms with Gasteiger partial charge in [0, 0.05) is 38.0 Å². The molecule has 1 heterocycles. The lowest BCUT2D eigenvalue weighted by atomic mass is 9.78. The highest BCUT2D eigenvalue weighted by Crippen LogP contribution is 2.43. The summed E-state index contributed by atoms with van der Waals surface area (Å²) in [7, 11) is 1.65. The van der Waals surface area contributed by atoms with E-state index in [-0.39, 0.29) is 24.0 Å². The number of hydrogen-bond acceptors (Lipinski definition) is 6. The SMILES string of the molecule is CC(C)=CCOc1ccc(C[C@@H](C=O)N2C[C@@H](N(C)C(=O)OCC(Cl)(Cl)Cl)CC23CCC(=O)CC3)cc1. The van der Waals surface area contributed by atoms with Crippen LogP contribution in [-0.4, -0.2) is 76.2 Å². The van der Waals surface area contributed by atoms with Crippen molar-refractivity contribution >= 4 is 53.0 Å². The molecule has 0 aromatic heterocycles. The minimum absolute atomic E-state index is 0.204. The van der Waals surface area contributed by atoms with Crippen LogP contribution < -0.4 is 4.74 Å². The van der Waals surface area contributed by atoms with Gasteiger partial charge in [0.25, 0.3) is 0 Å². The van der Waals surface area contributed by atoms with Crippen LogP contribution in [0.4, 0.5) is 4.79 Å². The number of amides is 1. The Balaban J connectivity index is 1.73. The number of rotatable bonds is 9. The van der Waals surface area contributed by atoms with Crippen molar-refractivity contribution in [3.05, 3.63) is 41.5 Å². The third kappa shape index (κ3) is 8.34. The summed E-state index contributed by atoms with van der Waals surface area (Å²) in [6, 6.07) is 7.15. The van der Waals surface area contributed by atoms with Crippen molar-refractivity contribution in [1.82, 2.24) is 9.80 Å². The number of alkyl halides is 3. The largest absolute Gasteiger partial charge is 0.490 e. The van der Waals surface area contributed by atoms with E-state index in [2.05, 4.69) is 4.90 Å². The van der Waals surface area contributed by atoms with Gasteiger partial charge in [-0.3, -0.25) is 9.69 Å². The average molecular weight is 574 g/mol. The molecule has 3 rings (SSSR count). The van der Waals surface area contributed by atoms with Crippen molar-refractivity contribution in [2.24, 2.45) is 0 Å². The molecule has 0 bridgehead atoms. The van der Waals surface area contributed by atoms with Gasteiger partial charge in [-0.1, -0.05) is 52.5 Å². The monoisotopic (exact) mass is 572 g/mol. The predicted octanol–water partition coefficient (Wildman–Crippen LogP) is 5.54. The van der Waals surface area contributed by atoms with Gasteiger partial charge >= 0.3 is 6.09 Å². The van der Waals surface area contributed by atoms with E-state index in [0.29, 0.717) is 51.7 Å². The first kappa shape index (κ1) is 29.8. The Morgan fingerprint density at radius 2 is 1.86 bits per heavy atom. The Bertz CT molecular complexity index is 979. The zero-order valence-electron chi connectivity index (χ0n) is 21.6. The summed E-state index contributed by atoms with van der Waals surface area (Å²) in [5.41, 5.74) is 1.85. The third-order valence-electron chi connectivity index (χ3n) is 7.23. The second kappa shape index (κ2) is 12.8. The molecule has 1 spiro atoms. The van der Waals surface area contributed by atoms with Gasteiger partial charge in [0.15, 0.2) is 0 Å². The normalized spacial score (nSPS) is 20.4. The number of nitrogens with zero attached hydrogens (tertiary/aromatic N) is 2. The summed E-state index contributed by atoms with van der Waals surface area (Å²) in [6.45, 7) is 4.68. The molecule has 0 unspecified atom stereocenters. The maximum Gasteiger partial charge on any atom is 0.409 e. The third-order valence-corrected chi connectivity index (χ3v) is 7.56. The quantitative estimate of drug-likeness (QED) is 0.219. The Hall–Kier alpha value is -1.80. The van der Waals surface area contributed by atoms with Crippen LogP contribution in [0.1, 0.15) is 51.5 Å². The average Bonchev–Trinajstić information content (AvgIpc) is 3.21. The van der Waals surface area contributed by atoms with Crippen LogP contribution in [0.2, 0.25) is 0 Å². The van der Waals surface area contributed by atoms with Crippen molar-refractivity contribution < 1.29 is 23.9 Å². The number of hydrogen-bond donors (Lipinski definition) is 0. The number of carbonyl (C=O) groups excluding carboxylic acids is 3. The lowest BCUT2D eigenvalue weighted by Crippen LogP contribution is -2.52. The second-order valence-corrected chi connectivity index (χ2v) is 12.7. The summed E-state index contributed by atoms with van der Waals surface area (Å²) in [6.07, 6.45) is 5.79. The highest BCUT2D eigenvalue weighted by Gasteiger charge is 2.51. The lowest BCUT2D eigenvalue weighted by molar-refractivity contribution is -0.124. The number of halogens is 3. The molecule has 0 N–H and O–H groups in total. The van der Waals surface area contributed by atoms with Gasteiger partial charge in [0.05, 0.1) is 6.04 Å². The first-order valence-electron chi connectivity index (χ1n) is 12.5. The van der Waals surface area contributed by atoms with Crippen molar-refractivity contribution in [3.8, 4) is 5.75 Å². The fourth-order valence-corrected chi connectivity index (χ4v) is 5.33. The van der Waals surface area contributed by atoms with Gasteiger partial charge in [-0.25, -0.2) is 4.79 Å². The minimum atomic E-state index is -1.70. The molecule has 1 aliphatic heterocycles. The molecule has 1 amide bonds. The number of benzene rings is 1. The number of ketones is 1. The molecule has 37 heavy (non-hydrogen) atoms. The van der Waals surface area contributed by atoms with E-state index in [1.54, 1.807) is 7.05 Å². The Labute approximate surface area is 234 Å². The first-order chi connectivity index (χ1) is 17.4. The maximum absolute atomic E-state index is 12.7. The number of carbonyl (C=O) groups is 3. The van der Waals surface area contributed by atoms with Crippen LogP contribution in [-0.2, 0) is 20.7 Å². The summed E-state index contributed by atoms with van der Waals surface area (Å²) in [5.74, 6) is 0.998. The van der Waals surface area contributed by atoms with Gasteiger partial charge in [0.2, 0.25) is 3.79 Å². The van der Waals surface area contributed by atoms with Crippen LogP contribution in [0.25, 0.3) is 0 Å². The summed E-state index contributed by atoms with van der Waals surface area (Å²) < 4.78 is 9.22. The van der Waals surface area contributed by atoms with E-state index in [1.807, 2.05) is 44.2 Å². The fourth-order valence-electron chi connectivity index (χ4n) is 5.17. The van der Waals surface area contributed by atoms with E-state index in [9.17, 15) is 14.4 Å². The molecule has 7 nitrogen and oxygen atoms in total. The Morgan fingerprint density at radius 3 is 2.43 bits per heavy atom. The molecule has 2 fully saturated rings. The number of allylic oxidation sites excluding steroid dienone is 1. The number of ether oxygens (including phenoxy) is 2. The topological polar surface area (TPSA) is 76.2 Å². The molecular weight excluding hydrogens is 539 g/mol. The number of Topliss-reactive ketones (excluding diaryl/α,β-unsaturated/α-hetero) is 1. The van der Waals surface area contributed by atoms with Gasteiger partial charge < -0.3 is 19.2 Å². The zero-order valence-corrected chi connectivity index (χ0v) is 23.8. The summed E-state index contributed by atoms with van der Waals surface area (Å²) >= 11 is 17.2. The Kier molecular flexibility index (Phi) is 10.3. The zero-order chi connectivity index (χ0) is 27.2. The second-order valence-electron chi connectivity index (χ2n) is 10.2. The van der Waals surface area contributed by atoms with Gasteiger partial charge in [-0.15, -0.1) is 0 Å². The number of likely N-dealkylation sites (tertiary alicyclic amines) is 1. The predicted molar refractivity (Wildman–Crippen MR) is 146 cm³/mol. The highest BCUT2D eigenvalue weighted by atomic mass is 35.6. The highest BCUT2D eigenvalue weighted by molar-refractivity contribution is 6.67. The Morgan fingerprint density at radius 1 is 1.22 bits per heavy atom. The molecule has 1 saturated heterocycles. The van der Waals surface area contributed by atoms with Crippen LogP contribution in [0.5, 0.6) is 5.75 Å². The fraction of sp³-hybridized carbons (Fsp3) is 0.593. The van der Waals surface area contributed by atoms with Gasteiger partial charge in [0.1, 0.15) is 31.0 Å². The minimum Gasteiger partial charge on any atom is -0.490 e. The molecule has 1 aromatic carbocycles. The molecule has 10 heteroatoms. The van der Waals surface area contributed by atoms with E-state index in [1.165, 1.54) is 10.5 Å². The van der Waals surface area contributed by atoms with Gasteiger partial charge in [-0.2, -0.15) is 0 Å². The molecule has 2 atom stereocenters. The van der Waals surface area contributed by atoms with Crippen LogP contribution in [0.15, 0.2) is 35.9 Å². The van der Waals surface area contributed by atoms with Crippen LogP contribution in [0.3, 0.4) is 0 Å². The van der Waals surface area contributed by atoms with Crippen molar-refractivity contribution in [1.29, 1.82) is 0 Å². The number of likely N-dealkylation sites (N-methyl/N-ethyl adjacent to an activating group) is 1. The molecule has 2 aliphatic rings. The van der Waals surface area contributed by atoms with E-state index in [4.69, 9.17) is 44.3 Å². The van der Waals surface area contributed by atoms with Crippen LogP contribution in [0, 0.1) is 0 Å². The van der Waals surface area contributed by atoms with Crippen LogP contribution >= 0.6 is 34.8 Å².